The van der Waals surface area contributed by atoms with Gasteiger partial charge in [-0.05, 0) is 12.8 Å². The van der Waals surface area contributed by atoms with E-state index in [2.05, 4.69) is 33.8 Å². The van der Waals surface area contributed by atoms with Crippen LogP contribution in [0.3, 0.4) is 0 Å². The van der Waals surface area contributed by atoms with Crippen LogP contribution in [0.25, 0.3) is 0 Å². The third-order valence-corrected chi connectivity index (χ3v) is 3.27. The van der Waals surface area contributed by atoms with E-state index in [1.54, 1.807) is 25.0 Å². The predicted octanol–water partition coefficient (Wildman–Crippen LogP) is 3.08. The molecule has 0 aromatic carbocycles. The van der Waals surface area contributed by atoms with Gasteiger partial charge in [-0.3, -0.25) is 0 Å². The van der Waals surface area contributed by atoms with E-state index < -0.39 is 0 Å². The summed E-state index contributed by atoms with van der Waals surface area (Å²) < 4.78 is 11.5. The highest BCUT2D eigenvalue weighted by atomic mass is 16.6. The van der Waals surface area contributed by atoms with Crippen LogP contribution in [0.2, 0.25) is 0 Å². The summed E-state index contributed by atoms with van der Waals surface area (Å²) in [7, 11) is 1.45. The summed E-state index contributed by atoms with van der Waals surface area (Å²) in [4.78, 5) is 14.2. The van der Waals surface area contributed by atoms with E-state index >= 15 is 0 Å². The highest BCUT2D eigenvalue weighted by Crippen LogP contribution is 2.23. The van der Waals surface area contributed by atoms with Crippen molar-refractivity contribution in [3.63, 3.8) is 0 Å². The molecule has 2 N–H and O–H groups in total. The van der Waals surface area contributed by atoms with Crippen LogP contribution < -0.4 is 0 Å². The standard InChI is InChI=1S/C14H22BN4O2/c1-3-5-13(11-7-16-9-18-11)20-15-21-14(6-4-2)12-8-17-10-19-12/h7-10,13-14H,3-6H2,1-2H3,(H,16,18)(H,17,19). The minimum Gasteiger partial charge on any atom is -0.405 e. The molecular weight excluding hydrogens is 267 g/mol. The third kappa shape index (κ3) is 4.72. The Kier molecular flexibility index (Phi) is 6.49. The Bertz CT molecular complexity index is 431. The molecule has 0 saturated heterocycles. The second-order valence-corrected chi connectivity index (χ2v) is 4.94. The first-order chi connectivity index (χ1) is 10.3. The van der Waals surface area contributed by atoms with E-state index in [9.17, 15) is 0 Å². The number of H-pyrrole nitrogens is 2. The summed E-state index contributed by atoms with van der Waals surface area (Å²) >= 11 is 0. The fraction of sp³-hybridized carbons (Fsp3) is 0.571. The second kappa shape index (κ2) is 8.64. The minimum atomic E-state index is -0.0541. The number of hydrogen-bond donors (Lipinski definition) is 2. The van der Waals surface area contributed by atoms with Gasteiger partial charge in [0.15, 0.2) is 0 Å². The fourth-order valence-corrected chi connectivity index (χ4v) is 2.17. The molecule has 0 fully saturated rings. The Labute approximate surface area is 126 Å². The predicted molar refractivity (Wildman–Crippen MR) is 80.4 cm³/mol. The Morgan fingerprint density at radius 2 is 1.43 bits per heavy atom. The van der Waals surface area contributed by atoms with Crippen molar-refractivity contribution in [1.29, 1.82) is 0 Å². The molecule has 2 aromatic heterocycles. The molecule has 0 spiro atoms. The maximum atomic E-state index is 5.75. The van der Waals surface area contributed by atoms with Crippen LogP contribution in [-0.4, -0.2) is 27.6 Å². The third-order valence-electron chi connectivity index (χ3n) is 3.27. The molecular formula is C14H22BN4O2. The Morgan fingerprint density at radius 3 is 1.76 bits per heavy atom. The van der Waals surface area contributed by atoms with Crippen LogP contribution >= 0.6 is 0 Å². The van der Waals surface area contributed by atoms with Crippen molar-refractivity contribution in [2.24, 2.45) is 0 Å². The van der Waals surface area contributed by atoms with Crippen molar-refractivity contribution < 1.29 is 9.31 Å². The van der Waals surface area contributed by atoms with Crippen molar-refractivity contribution in [3.05, 3.63) is 36.4 Å². The zero-order valence-electron chi connectivity index (χ0n) is 12.6. The number of rotatable bonds is 10. The summed E-state index contributed by atoms with van der Waals surface area (Å²) in [5, 5.41) is 0. The highest BCUT2D eigenvalue weighted by molar-refractivity contribution is 6.18. The molecule has 0 aliphatic rings. The van der Waals surface area contributed by atoms with Crippen LogP contribution in [0, 0.1) is 0 Å². The molecule has 2 rings (SSSR count). The maximum Gasteiger partial charge on any atom is 0.489 e. The lowest BCUT2D eigenvalue weighted by Gasteiger charge is -2.19. The highest BCUT2D eigenvalue weighted by Gasteiger charge is 2.17. The number of hydrogen-bond acceptors (Lipinski definition) is 4. The first-order valence-corrected chi connectivity index (χ1v) is 7.44. The molecule has 0 bridgehead atoms. The molecule has 0 aliphatic carbocycles. The molecule has 113 valence electrons. The van der Waals surface area contributed by atoms with Crippen LogP contribution in [0.15, 0.2) is 25.0 Å². The van der Waals surface area contributed by atoms with Gasteiger partial charge in [0.25, 0.3) is 0 Å². The average molecular weight is 289 g/mol. The van der Waals surface area contributed by atoms with Gasteiger partial charge < -0.3 is 19.3 Å². The quantitative estimate of drug-likeness (QED) is 0.659. The SMILES string of the molecule is CCCC(O[B]OC(CCC)c1cnc[nH]1)c1cnc[nH]1. The smallest absolute Gasteiger partial charge is 0.405 e. The molecule has 21 heavy (non-hydrogen) atoms. The van der Waals surface area contributed by atoms with E-state index in [1.807, 2.05) is 0 Å². The number of aromatic amines is 2. The lowest BCUT2D eigenvalue weighted by atomic mass is 10.1. The largest absolute Gasteiger partial charge is 0.489 e. The van der Waals surface area contributed by atoms with E-state index in [0.717, 1.165) is 37.1 Å². The summed E-state index contributed by atoms with van der Waals surface area (Å²) in [5.41, 5.74) is 1.93. The van der Waals surface area contributed by atoms with Crippen molar-refractivity contribution in [3.8, 4) is 0 Å². The topological polar surface area (TPSA) is 75.8 Å². The van der Waals surface area contributed by atoms with E-state index in [-0.39, 0.29) is 12.2 Å². The van der Waals surface area contributed by atoms with E-state index in [0.29, 0.717) is 0 Å². The van der Waals surface area contributed by atoms with Crippen molar-refractivity contribution >= 4 is 7.69 Å². The second-order valence-electron chi connectivity index (χ2n) is 4.94. The molecule has 2 unspecified atom stereocenters. The van der Waals surface area contributed by atoms with Crippen LogP contribution in [0.4, 0.5) is 0 Å². The molecule has 7 heteroatoms. The average Bonchev–Trinajstić information content (AvgIpc) is 3.18. The van der Waals surface area contributed by atoms with Crippen LogP contribution in [0.5, 0.6) is 0 Å². The molecule has 0 aliphatic heterocycles. The van der Waals surface area contributed by atoms with Gasteiger partial charge >= 0.3 is 7.69 Å². The van der Waals surface area contributed by atoms with Crippen LogP contribution in [-0.2, 0) is 9.31 Å². The molecule has 6 nitrogen and oxygen atoms in total. The summed E-state index contributed by atoms with van der Waals surface area (Å²) in [6, 6.07) is 0. The molecule has 2 heterocycles. The Morgan fingerprint density at radius 1 is 0.952 bits per heavy atom. The van der Waals surface area contributed by atoms with E-state index in [1.165, 1.54) is 7.69 Å². The van der Waals surface area contributed by atoms with Crippen molar-refractivity contribution in [2.75, 3.05) is 0 Å². The zero-order valence-corrected chi connectivity index (χ0v) is 12.6. The van der Waals surface area contributed by atoms with Crippen LogP contribution in [0.1, 0.15) is 63.1 Å². The minimum absolute atomic E-state index is 0.0541. The van der Waals surface area contributed by atoms with Gasteiger partial charge in [0.1, 0.15) is 0 Å². The molecule has 1 radical (unpaired) electrons. The van der Waals surface area contributed by atoms with Gasteiger partial charge in [-0.25, -0.2) is 9.97 Å². The zero-order chi connectivity index (χ0) is 14.9. The Balaban J connectivity index is 1.85. The lowest BCUT2D eigenvalue weighted by Crippen LogP contribution is -2.15. The van der Waals surface area contributed by atoms with Crippen molar-refractivity contribution in [1.82, 2.24) is 19.9 Å². The molecule has 0 amide bonds. The van der Waals surface area contributed by atoms with Gasteiger partial charge in [0, 0.05) is 0 Å². The first kappa shape index (κ1) is 15.8. The maximum absolute atomic E-state index is 5.75. The monoisotopic (exact) mass is 289 g/mol. The number of nitrogens with one attached hydrogen (secondary N) is 2. The first-order valence-electron chi connectivity index (χ1n) is 7.44. The molecule has 0 saturated carbocycles. The van der Waals surface area contributed by atoms with E-state index in [4.69, 9.17) is 9.31 Å². The normalized spacial score (nSPS) is 14.0. The van der Waals surface area contributed by atoms with Gasteiger partial charge in [-0.1, -0.05) is 26.7 Å². The summed E-state index contributed by atoms with van der Waals surface area (Å²) in [5.74, 6) is 0. The Hall–Kier alpha value is -1.60. The van der Waals surface area contributed by atoms with Gasteiger partial charge in [0.05, 0.1) is 48.6 Å². The molecule has 2 aromatic rings. The summed E-state index contributed by atoms with van der Waals surface area (Å²) in [6.45, 7) is 4.25. The van der Waals surface area contributed by atoms with Gasteiger partial charge in [-0.15, -0.1) is 0 Å². The van der Waals surface area contributed by atoms with Gasteiger partial charge in [0.2, 0.25) is 0 Å². The number of imidazole rings is 2. The molecule has 2 atom stereocenters. The fourth-order valence-electron chi connectivity index (χ4n) is 2.17. The number of aromatic nitrogens is 4. The summed E-state index contributed by atoms with van der Waals surface area (Å²) in [6.07, 6.45) is 10.6. The van der Waals surface area contributed by atoms with Crippen molar-refractivity contribution in [2.45, 2.75) is 51.7 Å². The van der Waals surface area contributed by atoms with Gasteiger partial charge in [-0.2, -0.15) is 0 Å². The number of nitrogens with zero attached hydrogens (tertiary/aromatic N) is 2. The lowest BCUT2D eigenvalue weighted by molar-refractivity contribution is 0.106.